The Hall–Kier alpha value is -3.42. The minimum atomic E-state index is -0.685. The molecule has 8 heteroatoms. The van der Waals surface area contributed by atoms with Crippen LogP contribution < -0.4 is 5.32 Å². The average molecular weight is 509 g/mol. The third kappa shape index (κ3) is 4.61. The first kappa shape index (κ1) is 24.7. The summed E-state index contributed by atoms with van der Waals surface area (Å²) < 4.78 is 10.2. The van der Waals surface area contributed by atoms with Crippen molar-refractivity contribution >= 4 is 34.9 Å². The fourth-order valence-corrected chi connectivity index (χ4v) is 5.51. The molecule has 2 aromatic carbocycles. The molecule has 0 spiro atoms. The highest BCUT2D eigenvalue weighted by molar-refractivity contribution is 7.15. The topological polar surface area (TPSA) is 77.5 Å². The SMILES string of the molecule is COC(=O)C1=C(C)NC(C)=C(C(=O)OC)C1c1ccccc1-c1nc(-c2ccc(Cl)cc2)c(C)s1. The van der Waals surface area contributed by atoms with Crippen molar-refractivity contribution in [2.45, 2.75) is 26.7 Å². The van der Waals surface area contributed by atoms with Gasteiger partial charge >= 0.3 is 11.9 Å². The van der Waals surface area contributed by atoms with Crippen LogP contribution in [0, 0.1) is 6.92 Å². The van der Waals surface area contributed by atoms with Crippen molar-refractivity contribution in [2.24, 2.45) is 0 Å². The average Bonchev–Trinajstić information content (AvgIpc) is 3.24. The van der Waals surface area contributed by atoms with Crippen molar-refractivity contribution in [3.63, 3.8) is 0 Å². The Labute approximate surface area is 213 Å². The molecule has 0 saturated heterocycles. The van der Waals surface area contributed by atoms with Crippen molar-refractivity contribution in [3.05, 3.63) is 86.5 Å². The Kier molecular flexibility index (Phi) is 7.10. The summed E-state index contributed by atoms with van der Waals surface area (Å²) >= 11 is 7.62. The lowest BCUT2D eigenvalue weighted by atomic mass is 9.78. The van der Waals surface area contributed by atoms with Crippen molar-refractivity contribution < 1.29 is 19.1 Å². The monoisotopic (exact) mass is 508 g/mol. The van der Waals surface area contributed by atoms with Crippen molar-refractivity contribution in [1.29, 1.82) is 0 Å². The van der Waals surface area contributed by atoms with Crippen molar-refractivity contribution in [2.75, 3.05) is 14.2 Å². The van der Waals surface area contributed by atoms with E-state index in [0.717, 1.165) is 32.3 Å². The largest absolute Gasteiger partial charge is 0.466 e. The number of carbonyl (C=O) groups is 2. The van der Waals surface area contributed by atoms with Crippen LogP contribution in [0.5, 0.6) is 0 Å². The summed E-state index contributed by atoms with van der Waals surface area (Å²) in [7, 11) is 2.66. The molecule has 1 N–H and O–H groups in total. The van der Waals surface area contributed by atoms with Gasteiger partial charge in [-0.2, -0.15) is 0 Å². The first-order valence-electron chi connectivity index (χ1n) is 10.9. The zero-order valence-electron chi connectivity index (χ0n) is 20.1. The number of thiazole rings is 1. The summed E-state index contributed by atoms with van der Waals surface area (Å²) in [6, 6.07) is 15.2. The molecule has 0 unspecified atom stereocenters. The fraction of sp³-hybridized carbons (Fsp3) is 0.222. The normalized spacial score (nSPS) is 14.1. The number of benzene rings is 2. The van der Waals surface area contributed by atoms with Gasteiger partial charge in [-0.1, -0.05) is 48.0 Å². The molecule has 1 aliphatic heterocycles. The molecule has 180 valence electrons. The second-order valence-electron chi connectivity index (χ2n) is 8.14. The van der Waals surface area contributed by atoms with E-state index in [9.17, 15) is 9.59 Å². The summed E-state index contributed by atoms with van der Waals surface area (Å²) in [6.07, 6.45) is 0. The van der Waals surface area contributed by atoms with Crippen LogP contribution in [-0.4, -0.2) is 31.1 Å². The van der Waals surface area contributed by atoms with Gasteiger partial charge in [0, 0.05) is 32.4 Å². The highest BCUT2D eigenvalue weighted by Crippen LogP contribution is 2.44. The number of dihydropyridines is 1. The molecule has 6 nitrogen and oxygen atoms in total. The lowest BCUT2D eigenvalue weighted by Crippen LogP contribution is -2.32. The Morgan fingerprint density at radius 3 is 2.06 bits per heavy atom. The standard InChI is InChI=1S/C27H25ClN2O4S/c1-14-21(26(31)33-4)23(22(15(2)29-14)27(32)34-5)19-8-6-7-9-20(19)25-30-24(16(3)35-25)17-10-12-18(28)13-11-17/h6-13,23,29H,1-5H3. The number of halogens is 1. The van der Waals surface area contributed by atoms with Crippen LogP contribution in [0.3, 0.4) is 0 Å². The van der Waals surface area contributed by atoms with E-state index in [4.69, 9.17) is 26.1 Å². The number of aryl methyl sites for hydroxylation is 1. The van der Waals surface area contributed by atoms with E-state index in [1.807, 2.05) is 55.5 Å². The van der Waals surface area contributed by atoms with E-state index >= 15 is 0 Å². The van der Waals surface area contributed by atoms with E-state index in [0.29, 0.717) is 27.6 Å². The third-order valence-corrected chi connectivity index (χ3v) is 7.24. The van der Waals surface area contributed by atoms with Crippen LogP contribution in [0.4, 0.5) is 0 Å². The Morgan fingerprint density at radius 1 is 0.914 bits per heavy atom. The number of ether oxygens (including phenoxy) is 2. The molecule has 2 heterocycles. The summed E-state index contributed by atoms with van der Waals surface area (Å²) in [6.45, 7) is 5.61. The zero-order chi connectivity index (χ0) is 25.3. The quantitative estimate of drug-likeness (QED) is 0.425. The van der Waals surface area contributed by atoms with Crippen LogP contribution in [0.2, 0.25) is 5.02 Å². The second-order valence-corrected chi connectivity index (χ2v) is 9.78. The van der Waals surface area contributed by atoms with Crippen LogP contribution >= 0.6 is 22.9 Å². The summed E-state index contributed by atoms with van der Waals surface area (Å²) in [4.78, 5) is 31.8. The van der Waals surface area contributed by atoms with Gasteiger partial charge in [-0.3, -0.25) is 0 Å². The Balaban J connectivity index is 1.92. The number of rotatable bonds is 5. The van der Waals surface area contributed by atoms with Crippen LogP contribution in [0.1, 0.15) is 30.2 Å². The molecular weight excluding hydrogens is 484 g/mol. The molecule has 0 bridgehead atoms. The molecule has 0 saturated carbocycles. The molecule has 4 rings (SSSR count). The molecular formula is C27H25ClN2O4S. The summed E-state index contributed by atoms with van der Waals surface area (Å²) in [5, 5.41) is 4.58. The van der Waals surface area contributed by atoms with Gasteiger partial charge in [0.1, 0.15) is 5.01 Å². The van der Waals surface area contributed by atoms with Gasteiger partial charge in [-0.15, -0.1) is 11.3 Å². The predicted molar refractivity (Wildman–Crippen MR) is 138 cm³/mol. The van der Waals surface area contributed by atoms with E-state index in [1.165, 1.54) is 14.2 Å². The minimum Gasteiger partial charge on any atom is -0.466 e. The first-order valence-corrected chi connectivity index (χ1v) is 12.1. The van der Waals surface area contributed by atoms with Crippen molar-refractivity contribution in [3.8, 4) is 21.8 Å². The summed E-state index contributed by atoms with van der Waals surface area (Å²) in [5.41, 5.74) is 5.39. The highest BCUT2D eigenvalue weighted by atomic mass is 35.5. The van der Waals surface area contributed by atoms with Gasteiger partial charge < -0.3 is 14.8 Å². The maximum atomic E-state index is 12.9. The Morgan fingerprint density at radius 2 is 1.49 bits per heavy atom. The number of hydrogen-bond donors (Lipinski definition) is 1. The van der Waals surface area contributed by atoms with E-state index in [1.54, 1.807) is 25.2 Å². The van der Waals surface area contributed by atoms with Crippen LogP contribution in [0.25, 0.3) is 21.8 Å². The maximum Gasteiger partial charge on any atom is 0.336 e. The van der Waals surface area contributed by atoms with Gasteiger partial charge in [0.05, 0.1) is 37.0 Å². The number of nitrogens with one attached hydrogen (secondary N) is 1. The lowest BCUT2D eigenvalue weighted by molar-refractivity contribution is -0.137. The van der Waals surface area contributed by atoms with Gasteiger partial charge in [0.25, 0.3) is 0 Å². The predicted octanol–water partition coefficient (Wildman–Crippen LogP) is 6.02. The number of allylic oxidation sites excluding steroid dienone is 2. The number of methoxy groups -OCH3 is 2. The van der Waals surface area contributed by atoms with Gasteiger partial charge in [0.2, 0.25) is 0 Å². The molecule has 35 heavy (non-hydrogen) atoms. The molecule has 1 aromatic heterocycles. The second kappa shape index (κ2) is 10.1. The number of esters is 2. The first-order chi connectivity index (χ1) is 16.8. The molecule has 0 fully saturated rings. The van der Waals surface area contributed by atoms with Crippen LogP contribution in [-0.2, 0) is 19.1 Å². The molecule has 3 aromatic rings. The van der Waals surface area contributed by atoms with Crippen LogP contribution in [0.15, 0.2) is 71.1 Å². The summed E-state index contributed by atoms with van der Waals surface area (Å²) in [5.74, 6) is -1.71. The molecule has 0 radical (unpaired) electrons. The van der Waals surface area contributed by atoms with Gasteiger partial charge in [-0.25, -0.2) is 14.6 Å². The zero-order valence-corrected chi connectivity index (χ0v) is 21.6. The fourth-order valence-electron chi connectivity index (χ4n) is 4.40. The van der Waals surface area contributed by atoms with Gasteiger partial charge in [0.15, 0.2) is 0 Å². The molecule has 0 atom stereocenters. The maximum absolute atomic E-state index is 12.9. The van der Waals surface area contributed by atoms with E-state index < -0.39 is 17.9 Å². The van der Waals surface area contributed by atoms with E-state index in [-0.39, 0.29) is 0 Å². The highest BCUT2D eigenvalue weighted by Gasteiger charge is 2.39. The van der Waals surface area contributed by atoms with Crippen molar-refractivity contribution in [1.82, 2.24) is 10.3 Å². The lowest BCUT2D eigenvalue weighted by Gasteiger charge is -2.31. The third-order valence-electron chi connectivity index (χ3n) is 5.99. The van der Waals surface area contributed by atoms with E-state index in [2.05, 4.69) is 5.32 Å². The molecule has 0 aliphatic carbocycles. The minimum absolute atomic E-state index is 0.358. The number of hydrogen-bond acceptors (Lipinski definition) is 7. The molecule has 0 amide bonds. The molecule has 1 aliphatic rings. The number of nitrogens with zero attached hydrogens (tertiary/aromatic N) is 1. The van der Waals surface area contributed by atoms with Gasteiger partial charge in [-0.05, 0) is 38.5 Å². The number of aromatic nitrogens is 1. The number of carbonyl (C=O) groups excluding carboxylic acids is 2. The smallest absolute Gasteiger partial charge is 0.336 e. The Bertz CT molecular complexity index is 1330.